The molecule has 0 saturated heterocycles. The maximum absolute atomic E-state index is 13.1. The van der Waals surface area contributed by atoms with Crippen molar-refractivity contribution in [2.75, 3.05) is 19.6 Å². The minimum Gasteiger partial charge on any atom is -0.444 e. The van der Waals surface area contributed by atoms with Gasteiger partial charge in [0.15, 0.2) is 0 Å². The lowest BCUT2D eigenvalue weighted by Gasteiger charge is -2.22. The zero-order chi connectivity index (χ0) is 12.8. The van der Waals surface area contributed by atoms with E-state index >= 15 is 0 Å². The lowest BCUT2D eigenvalue weighted by atomic mass is 10.2. The van der Waals surface area contributed by atoms with Crippen LogP contribution in [0.2, 0.25) is 0 Å². The third kappa shape index (κ3) is 8.40. The Kier molecular flexibility index (Phi) is 5.64. The number of carbonyl (C=O) groups excluding carboxylic acids is 1. The van der Waals surface area contributed by atoms with Gasteiger partial charge in [-0.25, -0.2) is 13.6 Å². The van der Waals surface area contributed by atoms with Gasteiger partial charge in [0.25, 0.3) is 5.92 Å². The number of carbonyl (C=O) groups is 1. The van der Waals surface area contributed by atoms with Crippen molar-refractivity contribution in [3.05, 3.63) is 0 Å². The van der Waals surface area contributed by atoms with Crippen LogP contribution in [0.15, 0.2) is 0 Å². The predicted octanol–water partition coefficient (Wildman–Crippen LogP) is 1.76. The van der Waals surface area contributed by atoms with E-state index in [1.807, 2.05) is 5.32 Å². The molecule has 0 aromatic carbocycles. The van der Waals surface area contributed by atoms with Crippen LogP contribution in [0, 0.1) is 0 Å². The van der Waals surface area contributed by atoms with Crippen LogP contribution in [0.1, 0.15) is 27.7 Å². The fourth-order valence-corrected chi connectivity index (χ4v) is 0.886. The number of ether oxygens (including phenoxy) is 1. The molecule has 2 N–H and O–H groups in total. The van der Waals surface area contributed by atoms with Crippen LogP contribution in [-0.4, -0.2) is 37.3 Å². The summed E-state index contributed by atoms with van der Waals surface area (Å²) in [5.41, 5.74) is -0.680. The second-order valence-corrected chi connectivity index (χ2v) is 4.49. The quantitative estimate of drug-likeness (QED) is 0.767. The minimum absolute atomic E-state index is 0.459. The SMILES string of the molecule is CCNCC(F)(F)CNC(=O)OC(C)(C)C. The van der Waals surface area contributed by atoms with Crippen LogP contribution < -0.4 is 10.6 Å². The van der Waals surface area contributed by atoms with E-state index in [4.69, 9.17) is 4.74 Å². The van der Waals surface area contributed by atoms with Gasteiger partial charge in [0, 0.05) is 0 Å². The zero-order valence-electron chi connectivity index (χ0n) is 10.2. The molecule has 1 amide bonds. The van der Waals surface area contributed by atoms with E-state index in [9.17, 15) is 13.6 Å². The molecule has 96 valence electrons. The van der Waals surface area contributed by atoms with Gasteiger partial charge >= 0.3 is 6.09 Å². The summed E-state index contributed by atoms with van der Waals surface area (Å²) in [5.74, 6) is -2.97. The van der Waals surface area contributed by atoms with Gasteiger partial charge in [0.2, 0.25) is 0 Å². The molecule has 0 radical (unpaired) electrons. The van der Waals surface area contributed by atoms with E-state index in [1.54, 1.807) is 27.7 Å². The third-order valence-corrected chi connectivity index (χ3v) is 1.52. The number of hydrogen-bond donors (Lipinski definition) is 2. The van der Waals surface area contributed by atoms with E-state index in [-0.39, 0.29) is 0 Å². The molecule has 0 aliphatic carbocycles. The van der Waals surface area contributed by atoms with Crippen molar-refractivity contribution in [1.82, 2.24) is 10.6 Å². The molecule has 16 heavy (non-hydrogen) atoms. The Morgan fingerprint density at radius 1 is 1.25 bits per heavy atom. The van der Waals surface area contributed by atoms with E-state index in [1.165, 1.54) is 0 Å². The molecule has 0 atom stereocenters. The molecule has 0 heterocycles. The fourth-order valence-electron chi connectivity index (χ4n) is 0.886. The number of halogens is 2. The van der Waals surface area contributed by atoms with Crippen LogP contribution in [-0.2, 0) is 4.74 Å². The van der Waals surface area contributed by atoms with Gasteiger partial charge in [-0.3, -0.25) is 0 Å². The van der Waals surface area contributed by atoms with Crippen LogP contribution >= 0.6 is 0 Å². The van der Waals surface area contributed by atoms with Crippen LogP contribution in [0.4, 0.5) is 13.6 Å². The van der Waals surface area contributed by atoms with Crippen molar-refractivity contribution >= 4 is 6.09 Å². The molecule has 6 heteroatoms. The van der Waals surface area contributed by atoms with Gasteiger partial charge in [-0.1, -0.05) is 6.92 Å². The highest BCUT2D eigenvalue weighted by Gasteiger charge is 2.29. The fraction of sp³-hybridized carbons (Fsp3) is 0.900. The highest BCUT2D eigenvalue weighted by Crippen LogP contribution is 2.11. The van der Waals surface area contributed by atoms with Crippen LogP contribution in [0.25, 0.3) is 0 Å². The van der Waals surface area contributed by atoms with Crippen LogP contribution in [0.3, 0.4) is 0 Å². The smallest absolute Gasteiger partial charge is 0.407 e. The molecular formula is C10H20F2N2O2. The second kappa shape index (κ2) is 5.98. The minimum atomic E-state index is -2.97. The Morgan fingerprint density at radius 3 is 2.25 bits per heavy atom. The van der Waals surface area contributed by atoms with Crippen molar-refractivity contribution in [2.45, 2.75) is 39.2 Å². The number of amides is 1. The standard InChI is InChI=1S/C10H20F2N2O2/c1-5-13-6-10(11,12)7-14-8(15)16-9(2,3)4/h13H,5-7H2,1-4H3,(H,14,15). The molecule has 0 bridgehead atoms. The monoisotopic (exact) mass is 238 g/mol. The molecule has 0 unspecified atom stereocenters. The molecular weight excluding hydrogens is 218 g/mol. The van der Waals surface area contributed by atoms with E-state index in [2.05, 4.69) is 5.32 Å². The third-order valence-electron chi connectivity index (χ3n) is 1.52. The number of alkyl halides is 2. The van der Waals surface area contributed by atoms with Gasteiger partial charge in [0.1, 0.15) is 5.60 Å². The van der Waals surface area contributed by atoms with E-state index in [0.717, 1.165) is 0 Å². The lowest BCUT2D eigenvalue weighted by molar-refractivity contribution is -0.00310. The van der Waals surface area contributed by atoms with Gasteiger partial charge < -0.3 is 15.4 Å². The molecule has 0 aromatic rings. The van der Waals surface area contributed by atoms with Gasteiger partial charge in [0.05, 0.1) is 13.1 Å². The van der Waals surface area contributed by atoms with Gasteiger partial charge in [-0.05, 0) is 27.3 Å². The Labute approximate surface area is 94.7 Å². The summed E-state index contributed by atoms with van der Waals surface area (Å²) in [4.78, 5) is 11.1. The highest BCUT2D eigenvalue weighted by molar-refractivity contribution is 5.67. The number of rotatable bonds is 5. The van der Waals surface area contributed by atoms with Crippen molar-refractivity contribution in [2.24, 2.45) is 0 Å². The summed E-state index contributed by atoms with van der Waals surface area (Å²) in [5, 5.41) is 4.56. The molecule has 0 spiro atoms. The summed E-state index contributed by atoms with van der Waals surface area (Å²) < 4.78 is 31.0. The van der Waals surface area contributed by atoms with Crippen molar-refractivity contribution < 1.29 is 18.3 Å². The van der Waals surface area contributed by atoms with Gasteiger partial charge in [-0.2, -0.15) is 0 Å². The first-order valence-corrected chi connectivity index (χ1v) is 5.22. The van der Waals surface area contributed by atoms with Crippen molar-refractivity contribution in [1.29, 1.82) is 0 Å². The summed E-state index contributed by atoms with van der Waals surface area (Å²) in [6.45, 7) is 6.02. The summed E-state index contributed by atoms with van der Waals surface area (Å²) in [6.07, 6.45) is -0.830. The number of alkyl carbamates (subject to hydrolysis) is 1. The predicted molar refractivity (Wildman–Crippen MR) is 57.7 cm³/mol. The Bertz CT molecular complexity index is 227. The zero-order valence-corrected chi connectivity index (χ0v) is 10.2. The van der Waals surface area contributed by atoms with E-state index in [0.29, 0.717) is 6.54 Å². The van der Waals surface area contributed by atoms with Crippen molar-refractivity contribution in [3.63, 3.8) is 0 Å². The first-order chi connectivity index (χ1) is 7.16. The second-order valence-electron chi connectivity index (χ2n) is 4.49. The van der Waals surface area contributed by atoms with Crippen LogP contribution in [0.5, 0.6) is 0 Å². The molecule has 0 fully saturated rings. The number of hydrogen-bond acceptors (Lipinski definition) is 3. The maximum Gasteiger partial charge on any atom is 0.407 e. The molecule has 4 nitrogen and oxygen atoms in total. The number of nitrogens with one attached hydrogen (secondary N) is 2. The first kappa shape index (κ1) is 15.1. The average Bonchev–Trinajstić information content (AvgIpc) is 2.09. The summed E-state index contributed by atoms with van der Waals surface area (Å²) >= 11 is 0. The van der Waals surface area contributed by atoms with E-state index < -0.39 is 30.7 Å². The topological polar surface area (TPSA) is 50.4 Å². The molecule has 0 rings (SSSR count). The summed E-state index contributed by atoms with van der Waals surface area (Å²) in [7, 11) is 0. The Hall–Kier alpha value is -0.910. The average molecular weight is 238 g/mol. The largest absolute Gasteiger partial charge is 0.444 e. The first-order valence-electron chi connectivity index (χ1n) is 5.22. The Balaban J connectivity index is 3.90. The molecule has 0 saturated carbocycles. The molecule has 0 aliphatic rings. The van der Waals surface area contributed by atoms with Crippen molar-refractivity contribution in [3.8, 4) is 0 Å². The lowest BCUT2D eigenvalue weighted by Crippen LogP contribution is -2.44. The molecule has 0 aliphatic heterocycles. The summed E-state index contributed by atoms with van der Waals surface area (Å²) in [6, 6.07) is 0. The normalized spacial score (nSPS) is 12.4. The van der Waals surface area contributed by atoms with Gasteiger partial charge in [-0.15, -0.1) is 0 Å². The maximum atomic E-state index is 13.1. The molecule has 0 aromatic heterocycles. The highest BCUT2D eigenvalue weighted by atomic mass is 19.3. The Morgan fingerprint density at radius 2 is 1.81 bits per heavy atom.